The molecule has 0 unspecified atom stereocenters. The highest BCUT2D eigenvalue weighted by Gasteiger charge is 2.12. The second-order valence-corrected chi connectivity index (χ2v) is 4.94. The van der Waals surface area contributed by atoms with Gasteiger partial charge in [-0.1, -0.05) is 50.1 Å². The Bertz CT molecular complexity index is 512. The van der Waals surface area contributed by atoms with Gasteiger partial charge < -0.3 is 10.4 Å². The lowest BCUT2D eigenvalue weighted by molar-refractivity contribution is -0.445. The topological polar surface area (TPSA) is 109 Å². The molecule has 7 nitrogen and oxygen atoms in total. The van der Waals surface area contributed by atoms with Gasteiger partial charge in [-0.05, 0) is 16.5 Å². The van der Waals surface area contributed by atoms with Crippen LogP contribution in [0, 0.1) is 5.21 Å². The van der Waals surface area contributed by atoms with Crippen molar-refractivity contribution in [2.24, 2.45) is 21.2 Å². The van der Waals surface area contributed by atoms with Crippen LogP contribution in [-0.2, 0) is 5.41 Å². The maximum atomic E-state index is 10.7. The van der Waals surface area contributed by atoms with Crippen molar-refractivity contribution < 1.29 is 10.1 Å². The lowest BCUT2D eigenvalue weighted by Gasteiger charge is -2.18. The van der Waals surface area contributed by atoms with Crippen LogP contribution in [0.15, 0.2) is 39.7 Å². The summed E-state index contributed by atoms with van der Waals surface area (Å²) in [7, 11) is 0. The summed E-state index contributed by atoms with van der Waals surface area (Å²) in [4.78, 5) is -0.236. The van der Waals surface area contributed by atoms with Crippen molar-refractivity contribution >= 4 is 12.2 Å². The van der Waals surface area contributed by atoms with Crippen molar-refractivity contribution in [1.82, 2.24) is 0 Å². The summed E-state index contributed by atoms with van der Waals surface area (Å²) in [5, 5.41) is 28.1. The molecule has 3 N–H and O–H groups in total. The number of rotatable bonds is 2. The van der Waals surface area contributed by atoms with Crippen LogP contribution in [0.5, 0.6) is 0 Å². The summed E-state index contributed by atoms with van der Waals surface area (Å²) < 4.78 is 0. The largest absolute Gasteiger partial charge is 0.719 e. The third kappa shape index (κ3) is 4.38. The predicted octanol–water partition coefficient (Wildman–Crippen LogP) is 1.98. The van der Waals surface area contributed by atoms with Crippen LogP contribution >= 0.6 is 0 Å². The van der Waals surface area contributed by atoms with E-state index >= 15 is 0 Å². The molecule has 0 fully saturated rings. The summed E-state index contributed by atoms with van der Waals surface area (Å²) >= 11 is 0. The zero-order chi connectivity index (χ0) is 14.5. The molecule has 1 rings (SSSR count). The summed E-state index contributed by atoms with van der Waals surface area (Å²) in [5.41, 5.74) is 7.28. The smallest absolute Gasteiger partial charge is 0.435 e. The van der Waals surface area contributed by atoms with E-state index in [9.17, 15) is 5.21 Å². The first-order valence-electron chi connectivity index (χ1n) is 5.64. The fourth-order valence-electron chi connectivity index (χ4n) is 1.31. The van der Waals surface area contributed by atoms with Gasteiger partial charge in [-0.3, -0.25) is 5.73 Å². The number of guanidine groups is 1. The van der Waals surface area contributed by atoms with E-state index in [1.807, 2.05) is 24.3 Å². The lowest BCUT2D eigenvalue weighted by atomic mass is 9.87. The molecule has 0 radical (unpaired) electrons. The monoisotopic (exact) mass is 263 g/mol. The van der Waals surface area contributed by atoms with Crippen molar-refractivity contribution in [2.45, 2.75) is 26.2 Å². The molecule has 0 aliphatic carbocycles. The first-order chi connectivity index (χ1) is 8.84. The normalized spacial score (nSPS) is 14.1. The van der Waals surface area contributed by atoms with Crippen LogP contribution in [0.1, 0.15) is 31.9 Å². The Kier molecular flexibility index (Phi) is 4.57. The number of nitrogens with two attached hydrogens (primary N) is 1. The van der Waals surface area contributed by atoms with Crippen LogP contribution in [0.25, 0.3) is 0 Å². The van der Waals surface area contributed by atoms with Gasteiger partial charge >= 0.3 is 5.96 Å². The van der Waals surface area contributed by atoms with Crippen LogP contribution in [-0.4, -0.2) is 22.2 Å². The first-order valence-corrected chi connectivity index (χ1v) is 5.64. The minimum atomic E-state index is -0.551. The van der Waals surface area contributed by atoms with E-state index in [1.54, 1.807) is 0 Å². The van der Waals surface area contributed by atoms with Crippen LogP contribution < -0.4 is 5.73 Å². The molecular weight excluding hydrogens is 246 g/mol. The van der Waals surface area contributed by atoms with Crippen LogP contribution in [0.2, 0.25) is 0 Å². The van der Waals surface area contributed by atoms with E-state index in [2.05, 4.69) is 36.3 Å². The molecule has 0 bridgehead atoms. The zero-order valence-electron chi connectivity index (χ0n) is 11.1. The van der Waals surface area contributed by atoms with Gasteiger partial charge in [-0.25, -0.2) is 0 Å². The van der Waals surface area contributed by atoms with E-state index in [-0.39, 0.29) is 10.3 Å². The van der Waals surface area contributed by atoms with Gasteiger partial charge in [-0.15, -0.1) is 4.86 Å². The number of nitrogens with zero attached hydrogens (tertiary/aromatic N) is 4. The van der Waals surface area contributed by atoms with Gasteiger partial charge in [0, 0.05) is 5.10 Å². The average Bonchev–Trinajstić information content (AvgIpc) is 2.37. The molecule has 0 saturated heterocycles. The molecule has 0 atom stereocenters. The van der Waals surface area contributed by atoms with Crippen molar-refractivity contribution in [3.63, 3.8) is 0 Å². The highest BCUT2D eigenvalue weighted by Crippen LogP contribution is 2.21. The molecule has 7 heteroatoms. The molecule has 102 valence electrons. The Balaban J connectivity index is 2.79. The molecule has 0 aliphatic heterocycles. The van der Waals surface area contributed by atoms with Crippen molar-refractivity contribution in [1.29, 1.82) is 0 Å². The summed E-state index contributed by atoms with van der Waals surface area (Å²) in [6, 6.07) is 7.77. The highest BCUT2D eigenvalue weighted by atomic mass is 16.6. The van der Waals surface area contributed by atoms with E-state index in [0.717, 1.165) is 5.56 Å². The Morgan fingerprint density at radius 1 is 1.32 bits per heavy atom. The van der Waals surface area contributed by atoms with E-state index in [0.29, 0.717) is 0 Å². The molecule has 1 aromatic rings. The summed E-state index contributed by atoms with van der Waals surface area (Å²) in [5.74, 6) is -0.551. The molecule has 0 aliphatic rings. The average molecular weight is 263 g/mol. The van der Waals surface area contributed by atoms with Gasteiger partial charge in [0.15, 0.2) is 0 Å². The summed E-state index contributed by atoms with van der Waals surface area (Å²) in [6.45, 7) is 6.38. The van der Waals surface area contributed by atoms with Crippen LogP contribution in [0.3, 0.4) is 0 Å². The molecule has 0 spiro atoms. The van der Waals surface area contributed by atoms with E-state index < -0.39 is 5.96 Å². The number of hydrogen-bond acceptors (Lipinski definition) is 4. The third-order valence-corrected chi connectivity index (χ3v) is 2.42. The quantitative estimate of drug-likeness (QED) is 0.280. The Hall–Kier alpha value is -2.44. The molecule has 0 aromatic heterocycles. The molecular formula is C12H17N5O2. The van der Waals surface area contributed by atoms with E-state index in [1.165, 1.54) is 11.8 Å². The highest BCUT2D eigenvalue weighted by molar-refractivity contribution is 5.80. The third-order valence-electron chi connectivity index (χ3n) is 2.42. The van der Waals surface area contributed by atoms with Gasteiger partial charge in [0.2, 0.25) is 0 Å². The second-order valence-electron chi connectivity index (χ2n) is 4.94. The Morgan fingerprint density at radius 3 is 2.37 bits per heavy atom. The maximum Gasteiger partial charge on any atom is 0.435 e. The standard InChI is InChI=1S/C12H17N5O2/c1-12(2,3)10-6-4-9(5-7-10)8-14-15-11(13)17(19)16-18/h4-8,18H,1-3H3,(H2,13,15)/b14-8+,17-16+. The molecule has 1 aromatic carbocycles. The summed E-state index contributed by atoms with van der Waals surface area (Å²) in [6.07, 6.45) is 1.45. The number of hydroxylamine groups is 1. The van der Waals surface area contributed by atoms with Gasteiger partial charge in [-0.2, -0.15) is 0 Å². The zero-order valence-corrected chi connectivity index (χ0v) is 11.1. The fourth-order valence-corrected chi connectivity index (χ4v) is 1.31. The Labute approximate surface area is 111 Å². The van der Waals surface area contributed by atoms with Crippen LogP contribution in [0.4, 0.5) is 0 Å². The lowest BCUT2D eigenvalue weighted by Crippen LogP contribution is -2.22. The first kappa shape index (κ1) is 14.6. The molecule has 0 amide bonds. The van der Waals surface area contributed by atoms with Crippen molar-refractivity contribution in [3.05, 3.63) is 40.6 Å². The van der Waals surface area contributed by atoms with Crippen molar-refractivity contribution in [2.75, 3.05) is 0 Å². The molecule has 0 heterocycles. The Morgan fingerprint density at radius 2 is 1.89 bits per heavy atom. The molecule has 19 heavy (non-hydrogen) atoms. The SMILES string of the molecule is CC(C)(C)c1ccc(/C=N/N=C(N)/[N+]([O-])=N\O)cc1. The second kappa shape index (κ2) is 5.94. The molecule has 0 saturated carbocycles. The number of hydrogen-bond donors (Lipinski definition) is 2. The fraction of sp³-hybridized carbons (Fsp3) is 0.333. The minimum absolute atomic E-state index is 0.0872. The van der Waals surface area contributed by atoms with Crippen molar-refractivity contribution in [3.8, 4) is 0 Å². The van der Waals surface area contributed by atoms with Gasteiger partial charge in [0.05, 0.1) is 11.5 Å². The minimum Gasteiger partial charge on any atom is -0.719 e. The number of benzene rings is 1. The predicted molar refractivity (Wildman–Crippen MR) is 72.2 cm³/mol. The van der Waals surface area contributed by atoms with Gasteiger partial charge in [0.25, 0.3) is 0 Å². The van der Waals surface area contributed by atoms with E-state index in [4.69, 9.17) is 10.9 Å². The van der Waals surface area contributed by atoms with Gasteiger partial charge in [0.1, 0.15) is 0 Å². The maximum absolute atomic E-state index is 10.7.